The van der Waals surface area contributed by atoms with Crippen molar-refractivity contribution in [1.29, 1.82) is 0 Å². The number of hydrogen-bond donors (Lipinski definition) is 2. The van der Waals surface area contributed by atoms with Gasteiger partial charge in [0.15, 0.2) is 11.0 Å². The van der Waals surface area contributed by atoms with Crippen LogP contribution in [0.1, 0.15) is 27.0 Å². The second-order valence-corrected chi connectivity index (χ2v) is 7.10. The van der Waals surface area contributed by atoms with E-state index >= 15 is 0 Å². The van der Waals surface area contributed by atoms with Crippen molar-refractivity contribution >= 4 is 34.0 Å². The van der Waals surface area contributed by atoms with E-state index in [4.69, 9.17) is 9.47 Å². The Morgan fingerprint density at radius 3 is 2.31 bits per heavy atom. The fourth-order valence-electron chi connectivity index (χ4n) is 2.46. The van der Waals surface area contributed by atoms with Crippen molar-refractivity contribution in [2.75, 3.05) is 19.5 Å². The predicted molar refractivity (Wildman–Crippen MR) is 110 cm³/mol. The Labute approximate surface area is 171 Å². The van der Waals surface area contributed by atoms with Crippen LogP contribution >= 0.6 is 11.3 Å². The van der Waals surface area contributed by atoms with Gasteiger partial charge in [-0.25, -0.2) is 4.79 Å². The maximum absolute atomic E-state index is 12.5. The summed E-state index contributed by atoms with van der Waals surface area (Å²) in [4.78, 5) is 24.8. The first-order valence-electron chi connectivity index (χ1n) is 8.70. The first-order chi connectivity index (χ1) is 14.0. The average Bonchev–Trinajstić information content (AvgIpc) is 3.20. The molecule has 8 nitrogen and oxygen atoms in total. The van der Waals surface area contributed by atoms with Crippen LogP contribution in [0.4, 0.5) is 10.8 Å². The molecular formula is C20H20N4O4S. The topological polar surface area (TPSA) is 102 Å². The van der Waals surface area contributed by atoms with Crippen LogP contribution in [0.15, 0.2) is 48.5 Å². The van der Waals surface area contributed by atoms with Gasteiger partial charge in [0.1, 0.15) is 5.75 Å². The molecule has 0 aliphatic rings. The molecule has 1 heterocycles. The maximum atomic E-state index is 12.5. The summed E-state index contributed by atoms with van der Waals surface area (Å²) in [5, 5.41) is 14.6. The summed E-state index contributed by atoms with van der Waals surface area (Å²) in [5.41, 5.74) is 2.25. The minimum atomic E-state index is -1.06. The molecule has 0 radical (unpaired) electrons. The summed E-state index contributed by atoms with van der Waals surface area (Å²) in [7, 11) is 2.85. The van der Waals surface area contributed by atoms with E-state index in [2.05, 4.69) is 20.8 Å². The van der Waals surface area contributed by atoms with Crippen molar-refractivity contribution in [2.45, 2.75) is 13.0 Å². The lowest BCUT2D eigenvalue weighted by atomic mass is 10.1. The molecule has 0 spiro atoms. The summed E-state index contributed by atoms with van der Waals surface area (Å²) in [6.07, 6.45) is 0. The monoisotopic (exact) mass is 412 g/mol. The number of carbonyl (C=O) groups excluding carboxylic acids is 2. The number of amides is 1. The lowest BCUT2D eigenvalue weighted by molar-refractivity contribution is -0.143. The molecule has 1 aromatic heterocycles. The second kappa shape index (κ2) is 9.16. The fourth-order valence-corrected chi connectivity index (χ4v) is 3.26. The van der Waals surface area contributed by atoms with Crippen molar-refractivity contribution < 1.29 is 19.1 Å². The first-order valence-corrected chi connectivity index (χ1v) is 9.51. The summed E-state index contributed by atoms with van der Waals surface area (Å²) >= 11 is 1.15. The number of aromatic nitrogens is 2. The number of methoxy groups -OCH3 is 2. The number of nitrogens with one attached hydrogen (secondary N) is 2. The lowest BCUT2D eigenvalue weighted by Gasteiger charge is -2.13. The standard InChI is InChI=1S/C20H20N4O4S/c1-12-4-6-13(7-5-12)17(25)22-16(19(26)28-3)18-23-24-20(29-18)21-14-8-10-15(27-2)11-9-14/h4-11,16H,1-3H3,(H,21,24)(H,22,25)/t16-/m1/s1. The maximum Gasteiger partial charge on any atom is 0.335 e. The van der Waals surface area contributed by atoms with Crippen LogP contribution in [0, 0.1) is 6.92 Å². The van der Waals surface area contributed by atoms with E-state index in [1.54, 1.807) is 19.2 Å². The number of anilines is 2. The van der Waals surface area contributed by atoms with E-state index in [1.165, 1.54) is 7.11 Å². The molecule has 1 atom stereocenters. The van der Waals surface area contributed by atoms with Gasteiger partial charge in [-0.3, -0.25) is 4.79 Å². The average molecular weight is 412 g/mol. The molecule has 3 rings (SSSR count). The molecule has 0 saturated carbocycles. The van der Waals surface area contributed by atoms with Crippen molar-refractivity contribution in [3.05, 3.63) is 64.7 Å². The third-order valence-electron chi connectivity index (χ3n) is 4.05. The molecule has 1 amide bonds. The molecule has 0 bridgehead atoms. The van der Waals surface area contributed by atoms with E-state index in [9.17, 15) is 9.59 Å². The predicted octanol–water partition coefficient (Wildman–Crippen LogP) is 3.24. The first kappa shape index (κ1) is 20.3. The Kier molecular flexibility index (Phi) is 6.40. The quantitative estimate of drug-likeness (QED) is 0.574. The van der Waals surface area contributed by atoms with Gasteiger partial charge in [-0.1, -0.05) is 29.0 Å². The Morgan fingerprint density at radius 2 is 1.69 bits per heavy atom. The summed E-state index contributed by atoms with van der Waals surface area (Å²) < 4.78 is 9.96. The number of ether oxygens (including phenoxy) is 2. The number of carbonyl (C=O) groups is 2. The van der Waals surface area contributed by atoms with Crippen LogP contribution in [0.3, 0.4) is 0 Å². The highest BCUT2D eigenvalue weighted by atomic mass is 32.1. The molecule has 0 fully saturated rings. The smallest absolute Gasteiger partial charge is 0.335 e. The molecule has 150 valence electrons. The van der Waals surface area contributed by atoms with Gasteiger partial charge in [-0.05, 0) is 43.3 Å². The highest BCUT2D eigenvalue weighted by molar-refractivity contribution is 7.15. The van der Waals surface area contributed by atoms with E-state index in [1.807, 2.05) is 43.3 Å². The van der Waals surface area contributed by atoms with Crippen molar-refractivity contribution in [1.82, 2.24) is 15.5 Å². The molecule has 29 heavy (non-hydrogen) atoms. The van der Waals surface area contributed by atoms with E-state index in [0.717, 1.165) is 28.3 Å². The number of benzene rings is 2. The SMILES string of the molecule is COC(=O)[C@H](NC(=O)c1ccc(C)cc1)c1nnc(Nc2ccc(OC)cc2)s1. The van der Waals surface area contributed by atoms with Crippen LogP contribution < -0.4 is 15.4 Å². The Balaban J connectivity index is 1.75. The zero-order chi connectivity index (χ0) is 20.8. The molecule has 0 aliphatic carbocycles. The third kappa shape index (κ3) is 5.08. The molecule has 2 aromatic carbocycles. The number of hydrogen-bond acceptors (Lipinski definition) is 8. The molecule has 0 aliphatic heterocycles. The largest absolute Gasteiger partial charge is 0.497 e. The number of rotatable bonds is 7. The summed E-state index contributed by atoms with van der Waals surface area (Å²) in [6.45, 7) is 1.93. The van der Waals surface area contributed by atoms with E-state index < -0.39 is 17.9 Å². The zero-order valence-electron chi connectivity index (χ0n) is 16.1. The van der Waals surface area contributed by atoms with Crippen LogP contribution in [0.25, 0.3) is 0 Å². The Bertz CT molecular complexity index is 986. The van der Waals surface area contributed by atoms with Gasteiger partial charge >= 0.3 is 5.97 Å². The zero-order valence-corrected chi connectivity index (χ0v) is 16.9. The van der Waals surface area contributed by atoms with Crippen LogP contribution in [-0.4, -0.2) is 36.3 Å². The van der Waals surface area contributed by atoms with Gasteiger partial charge in [0, 0.05) is 11.3 Å². The summed E-state index contributed by atoms with van der Waals surface area (Å²) in [6, 6.07) is 13.2. The van der Waals surface area contributed by atoms with Crippen LogP contribution in [0.5, 0.6) is 5.75 Å². The van der Waals surface area contributed by atoms with Crippen LogP contribution in [-0.2, 0) is 9.53 Å². The molecule has 2 N–H and O–H groups in total. The minimum absolute atomic E-state index is 0.313. The molecule has 3 aromatic rings. The van der Waals surface area contributed by atoms with Crippen LogP contribution in [0.2, 0.25) is 0 Å². The van der Waals surface area contributed by atoms with Gasteiger partial charge in [0.25, 0.3) is 5.91 Å². The molecule has 0 unspecified atom stereocenters. The molecule has 0 saturated heterocycles. The highest BCUT2D eigenvalue weighted by Gasteiger charge is 2.28. The Morgan fingerprint density at radius 1 is 1.00 bits per heavy atom. The van der Waals surface area contributed by atoms with Gasteiger partial charge in [0.05, 0.1) is 14.2 Å². The van der Waals surface area contributed by atoms with Gasteiger partial charge in [0.2, 0.25) is 5.13 Å². The van der Waals surface area contributed by atoms with Gasteiger partial charge in [-0.2, -0.15) is 0 Å². The lowest BCUT2D eigenvalue weighted by Crippen LogP contribution is -2.34. The summed E-state index contributed by atoms with van der Waals surface area (Å²) in [5.74, 6) is -0.295. The second-order valence-electron chi connectivity index (χ2n) is 6.09. The third-order valence-corrected chi connectivity index (χ3v) is 4.96. The molecular weight excluding hydrogens is 392 g/mol. The normalized spacial score (nSPS) is 11.4. The number of aryl methyl sites for hydroxylation is 1. The van der Waals surface area contributed by atoms with E-state index in [-0.39, 0.29) is 0 Å². The van der Waals surface area contributed by atoms with Crippen molar-refractivity contribution in [3.8, 4) is 5.75 Å². The van der Waals surface area contributed by atoms with Gasteiger partial charge in [-0.15, -0.1) is 10.2 Å². The fraction of sp³-hybridized carbons (Fsp3) is 0.200. The highest BCUT2D eigenvalue weighted by Crippen LogP contribution is 2.26. The van der Waals surface area contributed by atoms with Crippen molar-refractivity contribution in [3.63, 3.8) is 0 Å². The Hall–Kier alpha value is -3.46. The number of esters is 1. The number of nitrogens with zero attached hydrogens (tertiary/aromatic N) is 2. The van der Waals surface area contributed by atoms with Gasteiger partial charge < -0.3 is 20.1 Å². The van der Waals surface area contributed by atoms with E-state index in [0.29, 0.717) is 15.7 Å². The molecule has 9 heteroatoms. The minimum Gasteiger partial charge on any atom is -0.497 e. The van der Waals surface area contributed by atoms with Crippen molar-refractivity contribution in [2.24, 2.45) is 0 Å².